The lowest BCUT2D eigenvalue weighted by molar-refractivity contribution is -0.115. The summed E-state index contributed by atoms with van der Waals surface area (Å²) in [5, 5.41) is 16.1. The molecule has 5 heterocycles. The molecule has 4 N–H and O–H groups in total. The second-order valence-corrected chi connectivity index (χ2v) is 9.64. The summed E-state index contributed by atoms with van der Waals surface area (Å²) >= 11 is 3.03. The average molecular weight is 408 g/mol. The van der Waals surface area contributed by atoms with Gasteiger partial charge in [-0.05, 0) is 26.3 Å². The van der Waals surface area contributed by atoms with Crippen LogP contribution in [0.5, 0.6) is 0 Å². The second-order valence-electron chi connectivity index (χ2n) is 7.61. The third-order valence-electron chi connectivity index (χ3n) is 4.96. The maximum Gasteiger partial charge on any atom is 0.249 e. The minimum atomic E-state index is -0.374. The quantitative estimate of drug-likeness (QED) is 0.647. The number of fused-ring (bicyclic) bond motifs is 8. The van der Waals surface area contributed by atoms with Gasteiger partial charge in [0.1, 0.15) is 11.2 Å². The topological polar surface area (TPSA) is 110 Å². The SMILES string of the molecule is CC1NC2c3c(sc4c3CC(C)(C)OC4)-n3c(SCC(N)=O)nnc3N2N1. The van der Waals surface area contributed by atoms with E-state index >= 15 is 0 Å². The molecule has 0 aliphatic carbocycles. The minimum Gasteiger partial charge on any atom is -0.370 e. The van der Waals surface area contributed by atoms with E-state index in [1.165, 1.54) is 27.8 Å². The van der Waals surface area contributed by atoms with E-state index in [4.69, 9.17) is 10.5 Å². The van der Waals surface area contributed by atoms with Crippen LogP contribution in [0.25, 0.3) is 5.00 Å². The fraction of sp³-hybridized carbons (Fsp3) is 0.562. The number of hydrogen-bond acceptors (Lipinski definition) is 9. The van der Waals surface area contributed by atoms with Crippen molar-refractivity contribution in [2.45, 2.75) is 56.9 Å². The standard InChI is InChI=1S/C16H21N7O2S2/c1-7-18-12-11-8-4-16(2,3)25-5-9(8)27-13(11)22-14(23(12)21-7)19-20-15(22)26-6-10(17)24/h7,12,18,21H,4-6H2,1-3H3,(H2,17,24). The Bertz CT molecular complexity index is 938. The highest BCUT2D eigenvalue weighted by atomic mass is 32.2. The smallest absolute Gasteiger partial charge is 0.249 e. The zero-order valence-corrected chi connectivity index (χ0v) is 16.9. The van der Waals surface area contributed by atoms with Crippen LogP contribution >= 0.6 is 23.1 Å². The van der Waals surface area contributed by atoms with Crippen LogP contribution < -0.4 is 21.5 Å². The van der Waals surface area contributed by atoms with Gasteiger partial charge in [0.2, 0.25) is 11.9 Å². The molecule has 5 rings (SSSR count). The van der Waals surface area contributed by atoms with E-state index in [1.807, 2.05) is 9.58 Å². The van der Waals surface area contributed by atoms with Crippen molar-refractivity contribution < 1.29 is 9.53 Å². The van der Waals surface area contributed by atoms with Gasteiger partial charge < -0.3 is 10.5 Å². The highest BCUT2D eigenvalue weighted by Gasteiger charge is 2.45. The number of anilines is 1. The summed E-state index contributed by atoms with van der Waals surface area (Å²) in [5.41, 5.74) is 11.1. The van der Waals surface area contributed by atoms with E-state index in [9.17, 15) is 4.79 Å². The van der Waals surface area contributed by atoms with Crippen LogP contribution in [0.3, 0.4) is 0 Å². The fourth-order valence-corrected chi connectivity index (χ4v) is 5.84. The molecule has 0 saturated carbocycles. The van der Waals surface area contributed by atoms with Crippen molar-refractivity contribution in [3.63, 3.8) is 0 Å². The van der Waals surface area contributed by atoms with Gasteiger partial charge in [-0.15, -0.1) is 21.5 Å². The third kappa shape index (κ3) is 2.68. The zero-order valence-electron chi connectivity index (χ0n) is 15.3. The molecule has 0 aromatic carbocycles. The van der Waals surface area contributed by atoms with Gasteiger partial charge in [-0.2, -0.15) is 0 Å². The number of carbonyl (C=O) groups excluding carboxylic acids is 1. The number of amides is 1. The van der Waals surface area contributed by atoms with Crippen LogP contribution in [0.2, 0.25) is 0 Å². The first kappa shape index (κ1) is 17.4. The molecule has 27 heavy (non-hydrogen) atoms. The highest BCUT2D eigenvalue weighted by Crippen LogP contribution is 2.48. The Labute approximate surface area is 164 Å². The highest BCUT2D eigenvalue weighted by molar-refractivity contribution is 7.99. The molecular weight excluding hydrogens is 386 g/mol. The Morgan fingerprint density at radius 2 is 2.30 bits per heavy atom. The number of ether oxygens (including phenoxy) is 1. The molecule has 1 fully saturated rings. The van der Waals surface area contributed by atoms with Crippen molar-refractivity contribution in [3.05, 3.63) is 16.0 Å². The van der Waals surface area contributed by atoms with E-state index in [2.05, 4.69) is 41.7 Å². The molecule has 9 nitrogen and oxygen atoms in total. The Morgan fingerprint density at radius 3 is 3.07 bits per heavy atom. The maximum absolute atomic E-state index is 11.3. The summed E-state index contributed by atoms with van der Waals surface area (Å²) in [4.78, 5) is 12.5. The van der Waals surface area contributed by atoms with E-state index in [0.717, 1.165) is 17.4 Å². The predicted octanol–water partition coefficient (Wildman–Crippen LogP) is 1.03. The molecule has 0 spiro atoms. The van der Waals surface area contributed by atoms with Crippen LogP contribution in [-0.2, 0) is 22.6 Å². The van der Waals surface area contributed by atoms with Crippen molar-refractivity contribution in [1.29, 1.82) is 0 Å². The van der Waals surface area contributed by atoms with Gasteiger partial charge in [-0.3, -0.25) is 15.1 Å². The molecule has 2 atom stereocenters. The lowest BCUT2D eigenvalue weighted by Gasteiger charge is -2.34. The molecule has 2 aromatic heterocycles. The molecule has 0 bridgehead atoms. The van der Waals surface area contributed by atoms with Crippen molar-refractivity contribution in [3.8, 4) is 5.00 Å². The summed E-state index contributed by atoms with van der Waals surface area (Å²) in [6.45, 7) is 6.94. The Hall–Kier alpha value is -1.66. The van der Waals surface area contributed by atoms with E-state index in [-0.39, 0.29) is 29.6 Å². The molecule has 0 radical (unpaired) electrons. The Morgan fingerprint density at radius 1 is 1.48 bits per heavy atom. The number of nitrogens with zero attached hydrogens (tertiary/aromatic N) is 4. The van der Waals surface area contributed by atoms with Crippen LogP contribution in [0.4, 0.5) is 5.95 Å². The first-order chi connectivity index (χ1) is 12.8. The van der Waals surface area contributed by atoms with Crippen molar-refractivity contribution >= 4 is 35.0 Å². The number of hydrazine groups is 1. The monoisotopic (exact) mass is 407 g/mol. The number of nitrogens with two attached hydrogens (primary N) is 1. The molecular formula is C16H21N7O2S2. The number of primary amides is 1. The number of rotatable bonds is 3. The summed E-state index contributed by atoms with van der Waals surface area (Å²) < 4.78 is 8.06. The minimum absolute atomic E-state index is 0.00501. The number of nitrogens with one attached hydrogen (secondary N) is 2. The van der Waals surface area contributed by atoms with Crippen LogP contribution in [0, 0.1) is 0 Å². The predicted molar refractivity (Wildman–Crippen MR) is 103 cm³/mol. The second kappa shape index (κ2) is 5.92. The number of thiophene rings is 1. The van der Waals surface area contributed by atoms with Crippen molar-refractivity contribution in [2.24, 2.45) is 5.73 Å². The largest absolute Gasteiger partial charge is 0.370 e. The Kier molecular flexibility index (Phi) is 3.82. The summed E-state index contributed by atoms with van der Waals surface area (Å²) in [5.74, 6) is 0.511. The van der Waals surface area contributed by atoms with Crippen LogP contribution in [0.15, 0.2) is 5.16 Å². The first-order valence-corrected chi connectivity index (χ1v) is 10.6. The number of hydrogen-bond donors (Lipinski definition) is 3. The normalized spacial score (nSPS) is 24.9. The van der Waals surface area contributed by atoms with Crippen LogP contribution in [-0.4, -0.2) is 38.2 Å². The molecule has 11 heteroatoms. The lowest BCUT2D eigenvalue weighted by Crippen LogP contribution is -2.40. The zero-order chi connectivity index (χ0) is 18.9. The molecule has 3 aliphatic rings. The van der Waals surface area contributed by atoms with Gasteiger partial charge in [0, 0.05) is 16.9 Å². The van der Waals surface area contributed by atoms with Crippen LogP contribution in [0.1, 0.15) is 42.9 Å². The first-order valence-electron chi connectivity index (χ1n) is 8.81. The van der Waals surface area contributed by atoms with Gasteiger partial charge in [0.05, 0.1) is 24.1 Å². The van der Waals surface area contributed by atoms with Gasteiger partial charge in [0.25, 0.3) is 0 Å². The molecule has 3 aliphatic heterocycles. The van der Waals surface area contributed by atoms with E-state index in [1.54, 1.807) is 11.3 Å². The molecule has 1 amide bonds. The molecule has 144 valence electrons. The van der Waals surface area contributed by atoms with Gasteiger partial charge >= 0.3 is 0 Å². The van der Waals surface area contributed by atoms with Crippen molar-refractivity contribution in [2.75, 3.05) is 10.8 Å². The van der Waals surface area contributed by atoms with E-state index < -0.39 is 0 Å². The Balaban J connectivity index is 1.68. The average Bonchev–Trinajstić information content (AvgIpc) is 3.25. The number of carbonyl (C=O) groups is 1. The number of thioether (sulfide) groups is 1. The van der Waals surface area contributed by atoms with E-state index in [0.29, 0.717) is 11.8 Å². The van der Waals surface area contributed by atoms with Crippen molar-refractivity contribution in [1.82, 2.24) is 25.5 Å². The maximum atomic E-state index is 11.3. The molecule has 1 saturated heterocycles. The number of aromatic nitrogens is 3. The summed E-state index contributed by atoms with van der Waals surface area (Å²) in [6, 6.07) is 0. The fourth-order valence-electron chi connectivity index (χ4n) is 3.85. The summed E-state index contributed by atoms with van der Waals surface area (Å²) in [7, 11) is 0. The van der Waals surface area contributed by atoms with Gasteiger partial charge in [0.15, 0.2) is 5.16 Å². The van der Waals surface area contributed by atoms with Gasteiger partial charge in [-0.1, -0.05) is 11.8 Å². The lowest BCUT2D eigenvalue weighted by atomic mass is 9.92. The molecule has 2 aromatic rings. The summed E-state index contributed by atoms with van der Waals surface area (Å²) in [6.07, 6.45) is 0.960. The third-order valence-corrected chi connectivity index (χ3v) is 7.12. The van der Waals surface area contributed by atoms with Gasteiger partial charge in [-0.25, -0.2) is 9.99 Å². The molecule has 2 unspecified atom stereocenters.